The van der Waals surface area contributed by atoms with E-state index < -0.39 is 17.5 Å². The van der Waals surface area contributed by atoms with Crippen molar-refractivity contribution in [1.29, 1.82) is 0 Å². The van der Waals surface area contributed by atoms with E-state index in [0.717, 1.165) is 0 Å². The molecule has 0 aliphatic heterocycles. The van der Waals surface area contributed by atoms with Crippen molar-refractivity contribution in [3.05, 3.63) is 29.6 Å². The fraction of sp³-hybridized carbons (Fsp3) is 0.333. The average molecular weight is 313 g/mol. The Kier molecular flexibility index (Phi) is 4.45. The molecular formula is C9H15F3NSn+. The molecule has 0 atom stereocenters. The number of hydrogen-bond donors (Lipinski definition) is 0. The zero-order valence-corrected chi connectivity index (χ0v) is 7.74. The minimum atomic E-state index is -0.896. The molecule has 1 nitrogen and oxygen atoms in total. The first-order valence-electron chi connectivity index (χ1n) is 3.79. The predicted octanol–water partition coefficient (Wildman–Crippen LogP) is 0.849. The van der Waals surface area contributed by atoms with Crippen LogP contribution >= 0.6 is 0 Å². The summed E-state index contributed by atoms with van der Waals surface area (Å²) in [6.07, 6.45) is 0. The van der Waals surface area contributed by atoms with Gasteiger partial charge in [-0.05, 0) is 0 Å². The summed E-state index contributed by atoms with van der Waals surface area (Å²) in [6, 6.07) is 1.36. The van der Waals surface area contributed by atoms with Crippen molar-refractivity contribution in [2.45, 2.75) is 0 Å². The number of quaternary nitrogens is 1. The van der Waals surface area contributed by atoms with E-state index in [9.17, 15) is 13.2 Å². The molecule has 14 heavy (non-hydrogen) atoms. The maximum atomic E-state index is 13.1. The zero-order valence-electron chi connectivity index (χ0n) is 7.74. The Labute approximate surface area is 98.1 Å². The van der Waals surface area contributed by atoms with Crippen LogP contribution in [0.2, 0.25) is 0 Å². The molecule has 0 amide bonds. The van der Waals surface area contributed by atoms with Gasteiger partial charge in [0.2, 0.25) is 5.69 Å². The van der Waals surface area contributed by atoms with E-state index in [1.54, 1.807) is 21.1 Å². The number of nitrogens with zero attached hydrogens (tertiary/aromatic N) is 1. The average Bonchev–Trinajstić information content (AvgIpc) is 1.78. The monoisotopic (exact) mass is 314 g/mol. The van der Waals surface area contributed by atoms with E-state index in [2.05, 4.69) is 0 Å². The van der Waals surface area contributed by atoms with Crippen LogP contribution in [-0.2, 0) is 0 Å². The summed E-state index contributed by atoms with van der Waals surface area (Å²) in [7, 11) is 4.83. The first-order chi connectivity index (χ1) is 5.82. The van der Waals surface area contributed by atoms with E-state index in [0.29, 0.717) is 12.1 Å². The van der Waals surface area contributed by atoms with Crippen LogP contribution in [0.5, 0.6) is 0 Å². The Bertz CT molecular complexity index is 310. The van der Waals surface area contributed by atoms with E-state index in [1.807, 2.05) is 0 Å². The van der Waals surface area contributed by atoms with Gasteiger partial charge in [0.25, 0.3) is 0 Å². The van der Waals surface area contributed by atoms with E-state index in [-0.39, 0.29) is 34.1 Å². The van der Waals surface area contributed by atoms with Crippen molar-refractivity contribution in [1.82, 2.24) is 4.48 Å². The van der Waals surface area contributed by atoms with Gasteiger partial charge in [-0.15, -0.1) is 0 Å². The summed E-state index contributed by atoms with van der Waals surface area (Å²) >= 11 is 0. The van der Waals surface area contributed by atoms with Gasteiger partial charge in [0.1, 0.15) is 5.82 Å². The molecule has 80 valence electrons. The normalized spacial score (nSPS) is 11.0. The molecule has 0 saturated carbocycles. The van der Waals surface area contributed by atoms with Crippen molar-refractivity contribution in [2.24, 2.45) is 0 Å². The van der Waals surface area contributed by atoms with Crippen LogP contribution in [0.15, 0.2) is 12.1 Å². The van der Waals surface area contributed by atoms with Gasteiger partial charge in [-0.25, -0.2) is 13.2 Å². The number of hydrogen-bond acceptors (Lipinski definition) is 0. The Balaban J connectivity index is 0.00000169. The predicted molar refractivity (Wildman–Crippen MR) is 57.2 cm³/mol. The molecule has 0 spiro atoms. The van der Waals surface area contributed by atoms with Crippen LogP contribution in [0, 0.1) is 17.5 Å². The van der Waals surface area contributed by atoms with Gasteiger partial charge in [0, 0.05) is 12.1 Å². The van der Waals surface area contributed by atoms with Crippen molar-refractivity contribution in [2.75, 3.05) is 21.1 Å². The van der Waals surface area contributed by atoms with Gasteiger partial charge in [0.15, 0.2) is 11.6 Å². The van der Waals surface area contributed by atoms with Crippen LogP contribution in [0.4, 0.5) is 18.9 Å². The van der Waals surface area contributed by atoms with Gasteiger partial charge in [-0.3, -0.25) is 4.48 Å². The molecule has 1 aromatic carbocycles. The third-order valence-electron chi connectivity index (χ3n) is 1.65. The Morgan fingerprint density at radius 2 is 1.29 bits per heavy atom. The number of halogens is 3. The number of rotatable bonds is 1. The molecule has 0 radical (unpaired) electrons. The third kappa shape index (κ3) is 2.88. The summed E-state index contributed by atoms with van der Waals surface area (Å²) < 4.78 is 38.7. The first kappa shape index (κ1) is 13.8. The van der Waals surface area contributed by atoms with E-state index in [1.165, 1.54) is 0 Å². The van der Waals surface area contributed by atoms with Gasteiger partial charge >= 0.3 is 23.9 Å². The summed E-state index contributed by atoms with van der Waals surface area (Å²) in [4.78, 5) is 0. The first-order valence-corrected chi connectivity index (χ1v) is 3.79. The molecule has 0 heterocycles. The second-order valence-corrected chi connectivity index (χ2v) is 3.73. The van der Waals surface area contributed by atoms with Crippen LogP contribution < -0.4 is 4.48 Å². The molecule has 0 unspecified atom stereocenters. The van der Waals surface area contributed by atoms with E-state index in [4.69, 9.17) is 0 Å². The summed E-state index contributed by atoms with van der Waals surface area (Å²) in [5.74, 6) is -2.61. The minimum absolute atomic E-state index is 0. The van der Waals surface area contributed by atoms with Crippen LogP contribution in [-0.4, -0.2) is 45.1 Å². The second-order valence-electron chi connectivity index (χ2n) is 3.73. The van der Waals surface area contributed by atoms with Crippen LogP contribution in [0.25, 0.3) is 0 Å². The van der Waals surface area contributed by atoms with Gasteiger partial charge in [-0.1, -0.05) is 0 Å². The fourth-order valence-corrected chi connectivity index (χ4v) is 1.18. The number of benzene rings is 1. The molecule has 0 fully saturated rings. The standard InChI is InChI=1S/C9H11F3N.Sn.4H/c1-13(2,3)9-7(11)4-6(10)5-8(9)12;;;;;/h4-5H,1-3H3;;;;;/q+1;;;;;. The topological polar surface area (TPSA) is 0 Å². The summed E-state index contributed by atoms with van der Waals surface area (Å²) in [6.45, 7) is 0. The van der Waals surface area contributed by atoms with Crippen LogP contribution in [0.1, 0.15) is 0 Å². The fourth-order valence-electron chi connectivity index (χ4n) is 1.18. The third-order valence-corrected chi connectivity index (χ3v) is 1.65. The molecule has 0 aliphatic rings. The maximum absolute atomic E-state index is 13.1. The van der Waals surface area contributed by atoms with Gasteiger partial charge < -0.3 is 0 Å². The Morgan fingerprint density at radius 3 is 1.57 bits per heavy atom. The van der Waals surface area contributed by atoms with Crippen LogP contribution in [0.3, 0.4) is 0 Å². The molecule has 5 heteroatoms. The quantitative estimate of drug-likeness (QED) is 0.533. The van der Waals surface area contributed by atoms with Gasteiger partial charge in [-0.2, -0.15) is 0 Å². The van der Waals surface area contributed by atoms with Crippen molar-refractivity contribution < 1.29 is 13.2 Å². The van der Waals surface area contributed by atoms with Crippen molar-refractivity contribution in [3.63, 3.8) is 0 Å². The molecule has 0 aromatic heterocycles. The molecule has 1 aromatic rings. The van der Waals surface area contributed by atoms with Crippen molar-refractivity contribution >= 4 is 29.6 Å². The second kappa shape index (κ2) is 4.53. The molecular weight excluding hydrogens is 298 g/mol. The summed E-state index contributed by atoms with van der Waals surface area (Å²) in [5.41, 5.74) is -0.138. The molecule has 0 bridgehead atoms. The van der Waals surface area contributed by atoms with Crippen molar-refractivity contribution in [3.8, 4) is 0 Å². The molecule has 0 saturated heterocycles. The summed E-state index contributed by atoms with van der Waals surface area (Å²) in [5, 5.41) is 0. The zero-order chi connectivity index (χ0) is 10.2. The molecule has 1 rings (SSSR count). The van der Waals surface area contributed by atoms with E-state index >= 15 is 0 Å². The SMILES string of the molecule is C[N+](C)(C)c1c(F)cc(F)cc1F.[SnH4]. The Hall–Kier alpha value is -0.231. The Morgan fingerprint density at radius 1 is 0.929 bits per heavy atom. The molecule has 0 aliphatic carbocycles. The van der Waals surface area contributed by atoms with Gasteiger partial charge in [0.05, 0.1) is 21.1 Å². The molecule has 0 N–H and O–H groups in total.